The first-order chi connectivity index (χ1) is 8.12. The third-order valence-electron chi connectivity index (χ3n) is 2.44. The monoisotopic (exact) mass is 231 g/mol. The lowest BCUT2D eigenvalue weighted by Crippen LogP contribution is -2.17. The third-order valence-corrected chi connectivity index (χ3v) is 2.44. The highest BCUT2D eigenvalue weighted by Crippen LogP contribution is 2.26. The molecule has 17 heavy (non-hydrogen) atoms. The number of hydrogen-bond acceptors (Lipinski definition) is 3. The van der Waals surface area contributed by atoms with Gasteiger partial charge in [-0.05, 0) is 26.0 Å². The average Bonchev–Trinajstić information content (AvgIpc) is 2.67. The Morgan fingerprint density at radius 3 is 2.88 bits per heavy atom. The largest absolute Gasteiger partial charge is 0.489 e. The Kier molecular flexibility index (Phi) is 3.18. The highest BCUT2D eigenvalue weighted by atomic mass is 16.5. The first-order valence-electron chi connectivity index (χ1n) is 5.68. The predicted molar refractivity (Wildman–Crippen MR) is 68.7 cm³/mol. The van der Waals surface area contributed by atoms with Gasteiger partial charge in [-0.1, -0.05) is 24.8 Å². The van der Waals surface area contributed by atoms with Gasteiger partial charge >= 0.3 is 0 Å². The van der Waals surface area contributed by atoms with Gasteiger partial charge in [0.05, 0.1) is 11.1 Å². The van der Waals surface area contributed by atoms with Crippen molar-refractivity contribution in [2.45, 2.75) is 19.4 Å². The maximum absolute atomic E-state index is 5.62. The van der Waals surface area contributed by atoms with Crippen molar-refractivity contribution in [2.75, 3.05) is 13.2 Å². The van der Waals surface area contributed by atoms with Crippen LogP contribution in [0.1, 0.15) is 19.4 Å². The topological polar surface area (TPSA) is 30.8 Å². The number of aliphatic imine (C=N–C) groups is 1. The molecule has 1 aliphatic heterocycles. The van der Waals surface area contributed by atoms with Crippen LogP contribution in [-0.2, 0) is 4.74 Å². The molecule has 3 nitrogen and oxygen atoms in total. The molecule has 0 N–H and O–H groups in total. The quantitative estimate of drug-likeness (QED) is 0.746. The van der Waals surface area contributed by atoms with E-state index in [9.17, 15) is 0 Å². The predicted octanol–water partition coefficient (Wildman–Crippen LogP) is 2.81. The molecule has 1 aliphatic rings. The van der Waals surface area contributed by atoms with Gasteiger partial charge in [0.1, 0.15) is 19.0 Å². The lowest BCUT2D eigenvalue weighted by atomic mass is 10.1. The fraction of sp³-hybridized carbons (Fsp3) is 0.357. The van der Waals surface area contributed by atoms with E-state index < -0.39 is 0 Å². The van der Waals surface area contributed by atoms with Crippen molar-refractivity contribution in [3.8, 4) is 5.75 Å². The maximum Gasteiger partial charge on any atom is 0.220 e. The summed E-state index contributed by atoms with van der Waals surface area (Å²) in [4.78, 5) is 4.55. The van der Waals surface area contributed by atoms with Gasteiger partial charge in [0.2, 0.25) is 5.90 Å². The van der Waals surface area contributed by atoms with Gasteiger partial charge in [0.15, 0.2) is 0 Å². The summed E-state index contributed by atoms with van der Waals surface area (Å²) in [6.07, 6.45) is 1.72. The molecule has 0 saturated carbocycles. The lowest BCUT2D eigenvalue weighted by Gasteiger charge is -2.09. The van der Waals surface area contributed by atoms with E-state index in [-0.39, 0.29) is 5.54 Å². The molecule has 0 spiro atoms. The van der Waals surface area contributed by atoms with Gasteiger partial charge < -0.3 is 9.47 Å². The van der Waals surface area contributed by atoms with Crippen molar-refractivity contribution >= 4 is 5.90 Å². The smallest absolute Gasteiger partial charge is 0.220 e. The molecule has 0 aliphatic carbocycles. The molecule has 2 rings (SSSR count). The van der Waals surface area contributed by atoms with Crippen LogP contribution in [0.5, 0.6) is 5.75 Å². The lowest BCUT2D eigenvalue weighted by molar-refractivity contribution is 0.278. The molecule has 0 bridgehead atoms. The minimum absolute atomic E-state index is 0.152. The van der Waals surface area contributed by atoms with E-state index >= 15 is 0 Å². The summed E-state index contributed by atoms with van der Waals surface area (Å²) in [5.74, 6) is 1.44. The van der Waals surface area contributed by atoms with Gasteiger partial charge in [-0.15, -0.1) is 0 Å². The van der Waals surface area contributed by atoms with Gasteiger partial charge in [0, 0.05) is 0 Å². The van der Waals surface area contributed by atoms with Crippen LogP contribution in [0.15, 0.2) is 41.9 Å². The van der Waals surface area contributed by atoms with Crippen LogP contribution < -0.4 is 4.74 Å². The molecule has 0 fully saturated rings. The van der Waals surface area contributed by atoms with E-state index in [2.05, 4.69) is 11.6 Å². The van der Waals surface area contributed by atoms with E-state index in [1.165, 1.54) is 0 Å². The number of ether oxygens (including phenoxy) is 2. The van der Waals surface area contributed by atoms with Gasteiger partial charge in [-0.2, -0.15) is 0 Å². The van der Waals surface area contributed by atoms with Crippen molar-refractivity contribution in [2.24, 2.45) is 4.99 Å². The minimum Gasteiger partial charge on any atom is -0.489 e. The summed E-state index contributed by atoms with van der Waals surface area (Å²) < 4.78 is 11.2. The van der Waals surface area contributed by atoms with Crippen molar-refractivity contribution in [1.29, 1.82) is 0 Å². The minimum atomic E-state index is -0.152. The first kappa shape index (κ1) is 11.7. The summed E-state index contributed by atoms with van der Waals surface area (Å²) >= 11 is 0. The fourth-order valence-corrected chi connectivity index (χ4v) is 1.64. The van der Waals surface area contributed by atoms with Crippen LogP contribution in [-0.4, -0.2) is 24.7 Å². The summed E-state index contributed by atoms with van der Waals surface area (Å²) in [5.41, 5.74) is 0.751. The number of nitrogens with zero attached hydrogens (tertiary/aromatic N) is 1. The Labute approximate surface area is 102 Å². The van der Waals surface area contributed by atoms with Crippen molar-refractivity contribution < 1.29 is 9.47 Å². The number of hydrogen-bond donors (Lipinski definition) is 0. The SMILES string of the molecule is C=CCOc1ccccc1C1=NC(C)(C)CO1. The maximum atomic E-state index is 5.62. The van der Waals surface area contributed by atoms with Gasteiger partial charge in [-0.25, -0.2) is 4.99 Å². The Bertz CT molecular complexity index is 449. The molecule has 1 heterocycles. The first-order valence-corrected chi connectivity index (χ1v) is 5.68. The molecule has 0 radical (unpaired) electrons. The van der Waals surface area contributed by atoms with E-state index in [0.717, 1.165) is 11.3 Å². The average molecular weight is 231 g/mol. The number of rotatable bonds is 4. The Hall–Kier alpha value is -1.77. The van der Waals surface area contributed by atoms with E-state index in [1.807, 2.05) is 38.1 Å². The second kappa shape index (κ2) is 4.62. The van der Waals surface area contributed by atoms with E-state index in [0.29, 0.717) is 19.1 Å². The molecule has 0 saturated heterocycles. The zero-order chi connectivity index (χ0) is 12.3. The second-order valence-electron chi connectivity index (χ2n) is 4.61. The highest BCUT2D eigenvalue weighted by Gasteiger charge is 2.28. The molecule has 0 atom stereocenters. The number of para-hydroxylation sites is 1. The standard InChI is InChI=1S/C14H17NO2/c1-4-9-16-12-8-6-5-7-11(12)13-15-14(2,3)10-17-13/h4-8H,1,9-10H2,2-3H3. The van der Waals surface area contributed by atoms with Crippen molar-refractivity contribution in [3.05, 3.63) is 42.5 Å². The molecule has 1 aromatic carbocycles. The van der Waals surface area contributed by atoms with Crippen molar-refractivity contribution in [1.82, 2.24) is 0 Å². The van der Waals surface area contributed by atoms with Crippen LogP contribution >= 0.6 is 0 Å². The number of benzene rings is 1. The molecule has 0 aromatic heterocycles. The third kappa shape index (κ3) is 2.67. The molecular weight excluding hydrogens is 214 g/mol. The molecule has 1 aromatic rings. The zero-order valence-electron chi connectivity index (χ0n) is 10.3. The molecule has 90 valence electrons. The molecule has 0 amide bonds. The van der Waals surface area contributed by atoms with E-state index in [1.54, 1.807) is 6.08 Å². The molecule has 3 heteroatoms. The zero-order valence-corrected chi connectivity index (χ0v) is 10.3. The van der Waals surface area contributed by atoms with E-state index in [4.69, 9.17) is 9.47 Å². The van der Waals surface area contributed by atoms with Crippen LogP contribution in [0, 0.1) is 0 Å². The van der Waals surface area contributed by atoms with Gasteiger partial charge in [0.25, 0.3) is 0 Å². The molecule has 0 unspecified atom stereocenters. The van der Waals surface area contributed by atoms with Crippen LogP contribution in [0.3, 0.4) is 0 Å². The van der Waals surface area contributed by atoms with Crippen LogP contribution in [0.25, 0.3) is 0 Å². The summed E-state index contributed by atoms with van der Waals surface area (Å²) in [6, 6.07) is 7.75. The summed E-state index contributed by atoms with van der Waals surface area (Å²) in [7, 11) is 0. The van der Waals surface area contributed by atoms with Gasteiger partial charge in [-0.3, -0.25) is 0 Å². The fourth-order valence-electron chi connectivity index (χ4n) is 1.64. The normalized spacial score (nSPS) is 17.2. The van der Waals surface area contributed by atoms with Crippen molar-refractivity contribution in [3.63, 3.8) is 0 Å². The Morgan fingerprint density at radius 2 is 2.24 bits per heavy atom. The van der Waals surface area contributed by atoms with Crippen LogP contribution in [0.4, 0.5) is 0 Å². The molecular formula is C14H17NO2. The Morgan fingerprint density at radius 1 is 1.47 bits per heavy atom. The Balaban J connectivity index is 2.29. The highest BCUT2D eigenvalue weighted by molar-refractivity contribution is 5.98. The second-order valence-corrected chi connectivity index (χ2v) is 4.61. The van der Waals surface area contributed by atoms with Crippen LogP contribution in [0.2, 0.25) is 0 Å². The summed E-state index contributed by atoms with van der Waals surface area (Å²) in [5, 5.41) is 0. The summed E-state index contributed by atoms with van der Waals surface area (Å²) in [6.45, 7) is 8.83.